The molecule has 0 aromatic heterocycles. The van der Waals surface area contributed by atoms with Gasteiger partial charge in [-0.2, -0.15) is 0 Å². The quantitative estimate of drug-likeness (QED) is 0.423. The Bertz CT molecular complexity index is 325. The summed E-state index contributed by atoms with van der Waals surface area (Å²) in [5.41, 5.74) is 3.16. The Morgan fingerprint density at radius 2 is 2.15 bits per heavy atom. The summed E-state index contributed by atoms with van der Waals surface area (Å²) >= 11 is 0. The number of dihydropyridines is 1. The van der Waals surface area contributed by atoms with E-state index < -0.39 is 8.07 Å². The van der Waals surface area contributed by atoms with Crippen LogP contribution in [0.25, 0.3) is 0 Å². The minimum absolute atomic E-state index is 0.145. The van der Waals surface area contributed by atoms with Gasteiger partial charge in [-0.3, -0.25) is 4.79 Å². The van der Waals surface area contributed by atoms with E-state index in [2.05, 4.69) is 36.1 Å². The Hall–Kier alpha value is -1.14. The number of carbonyl (C=O) groups excluding carboxylic acids is 1. The van der Waals surface area contributed by atoms with Crippen molar-refractivity contribution in [2.75, 3.05) is 0 Å². The summed E-state index contributed by atoms with van der Waals surface area (Å²) in [6.07, 6.45) is 5.07. The van der Waals surface area contributed by atoms with E-state index >= 15 is 0 Å². The zero-order valence-corrected chi connectivity index (χ0v) is 9.16. The van der Waals surface area contributed by atoms with E-state index in [0.717, 1.165) is 0 Å². The molecule has 0 bridgehead atoms. The standard InChI is InChI=1S/C10H13NOSi/c1-13(2,3)8-6-9-5-4-7-11-10(9)12/h4-5,7,9H,1-3H3. The molecule has 1 atom stereocenters. The van der Waals surface area contributed by atoms with Gasteiger partial charge in [0.2, 0.25) is 0 Å². The number of nitrogens with zero attached hydrogens (tertiary/aromatic N) is 1. The molecule has 1 aliphatic heterocycles. The second kappa shape index (κ2) is 3.71. The number of amides is 1. The Morgan fingerprint density at radius 3 is 2.69 bits per heavy atom. The third-order valence-electron chi connectivity index (χ3n) is 1.46. The summed E-state index contributed by atoms with van der Waals surface area (Å²) in [5.74, 6) is 2.52. The van der Waals surface area contributed by atoms with Crippen molar-refractivity contribution < 1.29 is 4.79 Å². The van der Waals surface area contributed by atoms with Gasteiger partial charge in [0.05, 0.1) is 0 Å². The number of hydrogen-bond donors (Lipinski definition) is 0. The first kappa shape index (κ1) is 9.94. The fourth-order valence-electron chi connectivity index (χ4n) is 0.844. The summed E-state index contributed by atoms with van der Waals surface area (Å²) in [5, 5.41) is 0. The number of aliphatic imine (C=N–C) groups is 1. The summed E-state index contributed by atoms with van der Waals surface area (Å²) in [6.45, 7) is 6.46. The minimum Gasteiger partial charge on any atom is -0.271 e. The van der Waals surface area contributed by atoms with Gasteiger partial charge in [-0.25, -0.2) is 4.99 Å². The second-order valence-corrected chi connectivity index (χ2v) is 8.75. The summed E-state index contributed by atoms with van der Waals surface area (Å²) < 4.78 is 0. The van der Waals surface area contributed by atoms with Crippen molar-refractivity contribution in [2.24, 2.45) is 10.9 Å². The average molecular weight is 191 g/mol. The molecule has 0 aliphatic carbocycles. The van der Waals surface area contributed by atoms with Crippen LogP contribution in [0.3, 0.4) is 0 Å². The zero-order valence-electron chi connectivity index (χ0n) is 8.16. The Labute approximate surface area is 79.8 Å². The minimum atomic E-state index is -1.37. The van der Waals surface area contributed by atoms with Gasteiger partial charge < -0.3 is 0 Å². The van der Waals surface area contributed by atoms with Crippen LogP contribution in [0.15, 0.2) is 17.1 Å². The molecule has 1 heterocycles. The molecule has 2 nitrogen and oxygen atoms in total. The molecule has 0 radical (unpaired) electrons. The van der Waals surface area contributed by atoms with Crippen LogP contribution >= 0.6 is 0 Å². The van der Waals surface area contributed by atoms with Gasteiger partial charge in [-0.1, -0.05) is 31.6 Å². The number of allylic oxidation sites excluding steroid dienone is 1. The maximum absolute atomic E-state index is 11.2. The van der Waals surface area contributed by atoms with Crippen LogP contribution in [0.5, 0.6) is 0 Å². The van der Waals surface area contributed by atoms with Crippen LogP contribution in [-0.2, 0) is 4.79 Å². The van der Waals surface area contributed by atoms with E-state index in [4.69, 9.17) is 0 Å². The largest absolute Gasteiger partial charge is 0.271 e. The van der Waals surface area contributed by atoms with Gasteiger partial charge in [0.1, 0.15) is 14.0 Å². The van der Waals surface area contributed by atoms with Crippen molar-refractivity contribution in [3.63, 3.8) is 0 Å². The van der Waals surface area contributed by atoms with Crippen LogP contribution in [0.4, 0.5) is 0 Å². The number of hydrogen-bond acceptors (Lipinski definition) is 1. The maximum atomic E-state index is 11.2. The van der Waals surface area contributed by atoms with E-state index in [1.807, 2.05) is 0 Å². The van der Waals surface area contributed by atoms with Crippen LogP contribution in [0.1, 0.15) is 0 Å². The van der Waals surface area contributed by atoms with E-state index in [1.54, 1.807) is 12.2 Å². The smallest absolute Gasteiger partial charge is 0.264 e. The van der Waals surface area contributed by atoms with E-state index in [1.165, 1.54) is 6.21 Å². The predicted molar refractivity (Wildman–Crippen MR) is 57.3 cm³/mol. The van der Waals surface area contributed by atoms with Crippen molar-refractivity contribution in [1.82, 2.24) is 0 Å². The summed E-state index contributed by atoms with van der Waals surface area (Å²) in [7, 11) is -1.37. The Morgan fingerprint density at radius 1 is 1.46 bits per heavy atom. The van der Waals surface area contributed by atoms with Crippen molar-refractivity contribution in [1.29, 1.82) is 0 Å². The van der Waals surface area contributed by atoms with Crippen molar-refractivity contribution in [2.45, 2.75) is 19.6 Å². The summed E-state index contributed by atoms with van der Waals surface area (Å²) in [6, 6.07) is 0. The normalized spacial score (nSPS) is 21.2. The molecule has 0 saturated heterocycles. The molecule has 0 fully saturated rings. The molecule has 0 aromatic carbocycles. The van der Waals surface area contributed by atoms with Crippen molar-refractivity contribution in [3.8, 4) is 11.5 Å². The fourth-order valence-corrected chi connectivity index (χ4v) is 1.43. The molecular weight excluding hydrogens is 178 g/mol. The predicted octanol–water partition coefficient (Wildman–Crippen LogP) is 1.65. The molecule has 0 N–H and O–H groups in total. The molecule has 1 aliphatic rings. The lowest BCUT2D eigenvalue weighted by molar-refractivity contribution is -0.118. The topological polar surface area (TPSA) is 29.4 Å². The Balaban J connectivity index is 2.74. The van der Waals surface area contributed by atoms with E-state index in [0.29, 0.717) is 0 Å². The van der Waals surface area contributed by atoms with Crippen LogP contribution < -0.4 is 0 Å². The fraction of sp³-hybridized carbons (Fsp3) is 0.400. The van der Waals surface area contributed by atoms with Crippen LogP contribution in [-0.4, -0.2) is 20.2 Å². The van der Waals surface area contributed by atoms with Crippen LogP contribution in [0, 0.1) is 17.4 Å². The number of rotatable bonds is 0. The first-order valence-corrected chi connectivity index (χ1v) is 7.76. The monoisotopic (exact) mass is 191 g/mol. The molecular formula is C10H13NOSi. The second-order valence-electron chi connectivity index (χ2n) is 4.00. The first-order valence-electron chi connectivity index (χ1n) is 4.26. The van der Waals surface area contributed by atoms with Crippen molar-refractivity contribution in [3.05, 3.63) is 12.2 Å². The van der Waals surface area contributed by atoms with E-state index in [9.17, 15) is 4.79 Å². The van der Waals surface area contributed by atoms with Gasteiger partial charge in [0.25, 0.3) is 5.91 Å². The lowest BCUT2D eigenvalue weighted by Crippen LogP contribution is -2.18. The molecule has 0 spiro atoms. The van der Waals surface area contributed by atoms with E-state index in [-0.39, 0.29) is 11.8 Å². The maximum Gasteiger partial charge on any atom is 0.264 e. The molecule has 13 heavy (non-hydrogen) atoms. The van der Waals surface area contributed by atoms with Crippen LogP contribution in [0.2, 0.25) is 19.6 Å². The Kier molecular flexibility index (Phi) is 2.84. The zero-order chi connectivity index (χ0) is 9.90. The van der Waals surface area contributed by atoms with Gasteiger partial charge in [0, 0.05) is 6.21 Å². The van der Waals surface area contributed by atoms with Gasteiger partial charge >= 0.3 is 0 Å². The molecule has 0 saturated carbocycles. The highest BCUT2D eigenvalue weighted by Crippen LogP contribution is 2.05. The SMILES string of the molecule is C[Si](C)(C)C#CC1C=CC=NC1=O. The molecule has 0 aromatic rings. The van der Waals surface area contributed by atoms with Gasteiger partial charge in [-0.05, 0) is 6.08 Å². The molecule has 1 amide bonds. The third kappa shape index (κ3) is 3.39. The lowest BCUT2D eigenvalue weighted by Gasteiger charge is -2.06. The highest BCUT2D eigenvalue weighted by atomic mass is 28.3. The third-order valence-corrected chi connectivity index (χ3v) is 2.35. The molecule has 68 valence electrons. The molecule has 3 heteroatoms. The molecule has 1 rings (SSSR count). The van der Waals surface area contributed by atoms with Crippen molar-refractivity contribution >= 4 is 20.2 Å². The first-order chi connectivity index (χ1) is 5.99. The highest BCUT2D eigenvalue weighted by molar-refractivity contribution is 6.83. The molecule has 1 unspecified atom stereocenters. The highest BCUT2D eigenvalue weighted by Gasteiger charge is 2.14. The lowest BCUT2D eigenvalue weighted by atomic mass is 10.1. The van der Waals surface area contributed by atoms with Gasteiger partial charge in [-0.15, -0.1) is 5.54 Å². The summed E-state index contributed by atoms with van der Waals surface area (Å²) in [4.78, 5) is 14.8. The number of carbonyl (C=O) groups is 1. The average Bonchev–Trinajstić information content (AvgIpc) is 2.01. The van der Waals surface area contributed by atoms with Gasteiger partial charge in [0.15, 0.2) is 0 Å².